The fraction of sp³-hybridized carbons (Fsp3) is 0.389. The second-order valence-corrected chi connectivity index (χ2v) is 13.1. The first-order valence-corrected chi connectivity index (χ1v) is 17.1. The maximum Gasteiger partial charge on any atom is 0.256 e. The molecule has 3 aliphatic rings. The van der Waals surface area contributed by atoms with E-state index in [0.717, 1.165) is 65.0 Å². The molecule has 2 fully saturated rings. The van der Waals surface area contributed by atoms with Gasteiger partial charge in [-0.05, 0) is 68.6 Å². The molecule has 252 valence electrons. The quantitative estimate of drug-likeness (QED) is 0.184. The molecular formula is C36H39Cl2N5O5. The molecule has 10 nitrogen and oxygen atoms in total. The number of halogens is 2. The number of unbranched alkanes of at least 4 members (excludes halogenated alkanes) is 1. The lowest BCUT2D eigenvalue weighted by Gasteiger charge is -2.34. The maximum atomic E-state index is 13.2. The largest absolute Gasteiger partial charge is 0.493 e. The van der Waals surface area contributed by atoms with Crippen molar-refractivity contribution in [3.8, 4) is 11.5 Å². The van der Waals surface area contributed by atoms with Crippen molar-refractivity contribution in [2.75, 3.05) is 64.8 Å². The number of hydrogen-bond donors (Lipinski definition) is 1. The lowest BCUT2D eigenvalue weighted by molar-refractivity contribution is -0.117. The highest BCUT2D eigenvalue weighted by Crippen LogP contribution is 2.38. The number of piperazine rings is 1. The molecule has 0 saturated carbocycles. The molecule has 1 atom stereocenters. The van der Waals surface area contributed by atoms with Crippen LogP contribution in [-0.2, 0) is 4.79 Å². The number of anilines is 1. The van der Waals surface area contributed by atoms with Crippen LogP contribution in [0.3, 0.4) is 0 Å². The molecule has 12 heteroatoms. The molecule has 2 saturated heterocycles. The van der Waals surface area contributed by atoms with Crippen molar-refractivity contribution in [1.29, 1.82) is 0 Å². The third-order valence-corrected chi connectivity index (χ3v) is 9.60. The molecule has 0 aromatic heterocycles. The van der Waals surface area contributed by atoms with Gasteiger partial charge in [0.1, 0.15) is 0 Å². The van der Waals surface area contributed by atoms with Crippen LogP contribution in [0.5, 0.6) is 11.5 Å². The fourth-order valence-corrected chi connectivity index (χ4v) is 6.80. The second-order valence-electron chi connectivity index (χ2n) is 12.2. The van der Waals surface area contributed by atoms with Crippen molar-refractivity contribution in [1.82, 2.24) is 14.7 Å². The monoisotopic (exact) mass is 691 g/mol. The number of fused-ring (bicyclic) bond motifs is 2. The molecular weight excluding hydrogens is 653 g/mol. The predicted octanol–water partition coefficient (Wildman–Crippen LogP) is 5.97. The van der Waals surface area contributed by atoms with Gasteiger partial charge in [0.2, 0.25) is 5.91 Å². The molecule has 0 aliphatic carbocycles. The number of carbonyl (C=O) groups is 3. The summed E-state index contributed by atoms with van der Waals surface area (Å²) in [6, 6.07) is 15.3. The molecule has 3 heterocycles. The van der Waals surface area contributed by atoms with E-state index in [0.29, 0.717) is 56.2 Å². The van der Waals surface area contributed by atoms with Crippen LogP contribution in [0.15, 0.2) is 59.6 Å². The number of amides is 2. The van der Waals surface area contributed by atoms with E-state index >= 15 is 0 Å². The second kappa shape index (κ2) is 15.5. The van der Waals surface area contributed by atoms with Gasteiger partial charge in [0.25, 0.3) is 5.91 Å². The SMILES string of the molecule is COc1cc2c(cc1OCCCCN1CCN(CC(=O)Nc3ccc(Cl)cc3C(=O)c3ccccc3Cl)CC1)N=C[C@@H]1CCCN1C2=O. The number of rotatable bonds is 12. The van der Waals surface area contributed by atoms with E-state index in [1.807, 2.05) is 17.2 Å². The van der Waals surface area contributed by atoms with E-state index < -0.39 is 0 Å². The zero-order valence-corrected chi connectivity index (χ0v) is 28.4. The number of hydrogen-bond acceptors (Lipinski definition) is 8. The zero-order chi connectivity index (χ0) is 33.6. The first kappa shape index (κ1) is 33.9. The minimum absolute atomic E-state index is 0.00709. The maximum absolute atomic E-state index is 13.2. The van der Waals surface area contributed by atoms with Gasteiger partial charge in [-0.15, -0.1) is 0 Å². The van der Waals surface area contributed by atoms with Crippen molar-refractivity contribution < 1.29 is 23.9 Å². The number of ketones is 1. The molecule has 0 spiro atoms. The highest BCUT2D eigenvalue weighted by atomic mass is 35.5. The molecule has 0 unspecified atom stereocenters. The summed E-state index contributed by atoms with van der Waals surface area (Å²) in [6.07, 6.45) is 5.62. The summed E-state index contributed by atoms with van der Waals surface area (Å²) in [5.74, 6) is 0.622. The van der Waals surface area contributed by atoms with E-state index in [1.165, 1.54) is 0 Å². The Bertz CT molecular complexity index is 1710. The Hall–Kier alpha value is -3.96. The predicted molar refractivity (Wildman–Crippen MR) is 188 cm³/mol. The van der Waals surface area contributed by atoms with Gasteiger partial charge in [0, 0.05) is 61.2 Å². The summed E-state index contributed by atoms with van der Waals surface area (Å²) in [5.41, 5.74) is 2.22. The van der Waals surface area contributed by atoms with Gasteiger partial charge in [-0.2, -0.15) is 0 Å². The zero-order valence-electron chi connectivity index (χ0n) is 26.9. The number of ether oxygens (including phenoxy) is 2. The van der Waals surface area contributed by atoms with Crippen LogP contribution in [0.4, 0.5) is 11.4 Å². The molecule has 0 bridgehead atoms. The average molecular weight is 693 g/mol. The Balaban J connectivity index is 0.938. The minimum atomic E-state index is -0.305. The van der Waals surface area contributed by atoms with Crippen molar-refractivity contribution in [2.24, 2.45) is 4.99 Å². The highest BCUT2D eigenvalue weighted by molar-refractivity contribution is 6.36. The van der Waals surface area contributed by atoms with Crippen molar-refractivity contribution in [2.45, 2.75) is 31.7 Å². The number of aliphatic imine (C=N–C) groups is 1. The Morgan fingerprint density at radius 3 is 2.52 bits per heavy atom. The number of benzene rings is 3. The lowest BCUT2D eigenvalue weighted by Crippen LogP contribution is -2.48. The van der Waals surface area contributed by atoms with Gasteiger partial charge in [-0.25, -0.2) is 0 Å². The normalized spacial score (nSPS) is 17.9. The van der Waals surface area contributed by atoms with Gasteiger partial charge in [-0.3, -0.25) is 24.3 Å². The van der Waals surface area contributed by atoms with E-state index in [4.69, 9.17) is 32.7 Å². The van der Waals surface area contributed by atoms with E-state index in [9.17, 15) is 14.4 Å². The summed E-state index contributed by atoms with van der Waals surface area (Å²) < 4.78 is 11.7. The van der Waals surface area contributed by atoms with Gasteiger partial charge in [-0.1, -0.05) is 35.3 Å². The van der Waals surface area contributed by atoms with E-state index in [-0.39, 0.29) is 30.2 Å². The smallest absolute Gasteiger partial charge is 0.256 e. The summed E-state index contributed by atoms with van der Waals surface area (Å²) in [4.78, 5) is 50.3. The fourth-order valence-electron chi connectivity index (χ4n) is 6.41. The summed E-state index contributed by atoms with van der Waals surface area (Å²) in [7, 11) is 1.58. The van der Waals surface area contributed by atoms with Gasteiger partial charge in [0.15, 0.2) is 17.3 Å². The summed E-state index contributed by atoms with van der Waals surface area (Å²) in [6.45, 7) is 5.66. The van der Waals surface area contributed by atoms with Gasteiger partial charge < -0.3 is 24.6 Å². The topological polar surface area (TPSA) is 104 Å². The Labute approximate surface area is 290 Å². The first-order chi connectivity index (χ1) is 23.3. The van der Waals surface area contributed by atoms with Crippen LogP contribution < -0.4 is 14.8 Å². The number of nitrogens with one attached hydrogen (secondary N) is 1. The molecule has 1 N–H and O–H groups in total. The molecule has 3 aromatic rings. The van der Waals surface area contributed by atoms with Crippen molar-refractivity contribution >= 4 is 58.4 Å². The van der Waals surface area contributed by atoms with Crippen molar-refractivity contribution in [3.63, 3.8) is 0 Å². The molecule has 2 amide bonds. The molecule has 0 radical (unpaired) electrons. The summed E-state index contributed by atoms with van der Waals surface area (Å²) in [5, 5.41) is 3.63. The molecule has 6 rings (SSSR count). The lowest BCUT2D eigenvalue weighted by atomic mass is 10.0. The van der Waals surface area contributed by atoms with Crippen LogP contribution >= 0.6 is 23.2 Å². The molecule has 3 aliphatic heterocycles. The van der Waals surface area contributed by atoms with Crippen molar-refractivity contribution in [3.05, 3.63) is 81.3 Å². The third kappa shape index (κ3) is 7.84. The summed E-state index contributed by atoms with van der Waals surface area (Å²) >= 11 is 12.5. The number of methoxy groups -OCH3 is 1. The van der Waals surface area contributed by atoms with E-state index in [1.54, 1.807) is 55.6 Å². The van der Waals surface area contributed by atoms with Crippen LogP contribution in [0, 0.1) is 0 Å². The highest BCUT2D eigenvalue weighted by Gasteiger charge is 2.32. The molecule has 48 heavy (non-hydrogen) atoms. The van der Waals surface area contributed by atoms with Crippen LogP contribution in [-0.4, -0.2) is 104 Å². The van der Waals surface area contributed by atoms with E-state index in [2.05, 4.69) is 20.1 Å². The van der Waals surface area contributed by atoms with Gasteiger partial charge >= 0.3 is 0 Å². The first-order valence-electron chi connectivity index (χ1n) is 16.3. The van der Waals surface area contributed by atoms with Crippen LogP contribution in [0.2, 0.25) is 10.0 Å². The number of carbonyl (C=O) groups excluding carboxylic acids is 3. The Morgan fingerprint density at radius 1 is 0.938 bits per heavy atom. The van der Waals surface area contributed by atoms with Gasteiger partial charge in [0.05, 0.1) is 48.3 Å². The average Bonchev–Trinajstić information content (AvgIpc) is 3.52. The Morgan fingerprint density at radius 2 is 1.73 bits per heavy atom. The third-order valence-electron chi connectivity index (χ3n) is 9.04. The van der Waals surface area contributed by atoms with Crippen LogP contribution in [0.25, 0.3) is 0 Å². The Kier molecular flexibility index (Phi) is 11.0. The van der Waals surface area contributed by atoms with Crippen LogP contribution in [0.1, 0.15) is 52.0 Å². The standard InChI is InChI=1S/C36H39Cl2N5O5/c1-47-32-20-28-31(39-22-25-7-6-13-43(25)36(28)46)21-33(32)48-18-5-4-12-41-14-16-42(17-15-41)23-34(44)40-30-11-10-24(37)19-27(30)35(45)26-8-2-3-9-29(26)38/h2-3,8-11,19-22,25H,4-7,12-18,23H2,1H3,(H,40,44)/t25-/m0/s1. The number of nitrogens with zero attached hydrogens (tertiary/aromatic N) is 4. The molecule has 3 aromatic carbocycles. The minimum Gasteiger partial charge on any atom is -0.493 e.